The summed E-state index contributed by atoms with van der Waals surface area (Å²) >= 11 is 1.09. The van der Waals surface area contributed by atoms with Crippen molar-refractivity contribution in [2.75, 3.05) is 7.11 Å². The number of ether oxygens (including phenoxy) is 1. The van der Waals surface area contributed by atoms with Gasteiger partial charge in [-0.3, -0.25) is 4.68 Å². The molecule has 0 N–H and O–H groups in total. The highest BCUT2D eigenvalue weighted by molar-refractivity contribution is 7.99. The van der Waals surface area contributed by atoms with Crippen LogP contribution in [0.2, 0.25) is 0 Å². The van der Waals surface area contributed by atoms with Crippen LogP contribution >= 0.6 is 11.8 Å². The number of esters is 1. The molecule has 24 heavy (non-hydrogen) atoms. The fraction of sp³-hybridized carbons (Fsp3) is 0.375. The minimum atomic E-state index is -4.51. The average Bonchev–Trinajstić information content (AvgIpc) is 2.84. The Morgan fingerprint density at radius 1 is 1.33 bits per heavy atom. The van der Waals surface area contributed by atoms with Crippen molar-refractivity contribution in [1.82, 2.24) is 9.78 Å². The number of hydrogen-bond donors (Lipinski definition) is 0. The Kier molecular flexibility index (Phi) is 5.58. The fourth-order valence-electron chi connectivity index (χ4n) is 2.32. The lowest BCUT2D eigenvalue weighted by Gasteiger charge is -2.10. The van der Waals surface area contributed by atoms with Crippen LogP contribution < -0.4 is 0 Å². The van der Waals surface area contributed by atoms with Gasteiger partial charge in [0, 0.05) is 17.5 Å². The molecule has 0 unspecified atom stereocenters. The highest BCUT2D eigenvalue weighted by atomic mass is 32.2. The fourth-order valence-corrected chi connectivity index (χ4v) is 3.43. The molecule has 1 heterocycles. The van der Waals surface area contributed by atoms with E-state index in [1.807, 2.05) is 6.92 Å². The molecule has 2 rings (SSSR count). The predicted molar refractivity (Wildman–Crippen MR) is 84.1 cm³/mol. The van der Waals surface area contributed by atoms with E-state index in [2.05, 4.69) is 5.10 Å². The van der Waals surface area contributed by atoms with E-state index in [-0.39, 0.29) is 12.0 Å². The van der Waals surface area contributed by atoms with E-state index >= 15 is 0 Å². The Morgan fingerprint density at radius 3 is 2.58 bits per heavy atom. The van der Waals surface area contributed by atoms with Gasteiger partial charge < -0.3 is 4.74 Å². The molecule has 0 aliphatic rings. The third kappa shape index (κ3) is 3.75. The minimum Gasteiger partial charge on any atom is -0.465 e. The molecule has 0 aliphatic heterocycles. The molecule has 0 spiro atoms. The molecule has 0 aliphatic carbocycles. The van der Waals surface area contributed by atoms with Crippen molar-refractivity contribution < 1.29 is 22.7 Å². The van der Waals surface area contributed by atoms with Crippen molar-refractivity contribution in [3.63, 3.8) is 0 Å². The lowest BCUT2D eigenvalue weighted by atomic mass is 10.1. The van der Waals surface area contributed by atoms with Gasteiger partial charge in [0.05, 0.1) is 12.7 Å². The monoisotopic (exact) mass is 358 g/mol. The normalized spacial score (nSPS) is 11.6. The lowest BCUT2D eigenvalue weighted by Crippen LogP contribution is -2.09. The summed E-state index contributed by atoms with van der Waals surface area (Å²) in [5.74, 6) is -0.534. The lowest BCUT2D eigenvalue weighted by molar-refractivity contribution is -0.142. The smallest absolute Gasteiger partial charge is 0.435 e. The first-order chi connectivity index (χ1) is 11.3. The summed E-state index contributed by atoms with van der Waals surface area (Å²) in [6, 6.07) is 6.64. The molecule has 0 fully saturated rings. The van der Waals surface area contributed by atoms with Crippen molar-refractivity contribution >= 4 is 17.7 Å². The highest BCUT2D eigenvalue weighted by Crippen LogP contribution is 2.39. The third-order valence-electron chi connectivity index (χ3n) is 3.36. The van der Waals surface area contributed by atoms with Gasteiger partial charge >= 0.3 is 12.1 Å². The van der Waals surface area contributed by atoms with Crippen LogP contribution in [0.3, 0.4) is 0 Å². The second-order valence-electron chi connectivity index (χ2n) is 5.09. The molecule has 0 saturated carbocycles. The number of carbonyl (C=O) groups is 1. The highest BCUT2D eigenvalue weighted by Gasteiger charge is 2.38. The molecular formula is C16H17F3N2O2S. The van der Waals surface area contributed by atoms with Crippen LogP contribution in [0.25, 0.3) is 0 Å². The van der Waals surface area contributed by atoms with E-state index < -0.39 is 17.8 Å². The van der Waals surface area contributed by atoms with Gasteiger partial charge in [-0.05, 0) is 18.6 Å². The first-order valence-electron chi connectivity index (χ1n) is 7.27. The summed E-state index contributed by atoms with van der Waals surface area (Å²) in [6.45, 7) is 1.81. The molecule has 0 bridgehead atoms. The molecule has 1 aromatic carbocycles. The van der Waals surface area contributed by atoms with Gasteiger partial charge in [-0.1, -0.05) is 37.2 Å². The molecule has 4 nitrogen and oxygen atoms in total. The number of benzene rings is 1. The molecule has 0 saturated heterocycles. The molecule has 0 amide bonds. The number of aryl methyl sites for hydroxylation is 1. The van der Waals surface area contributed by atoms with E-state index in [0.717, 1.165) is 11.8 Å². The average molecular weight is 358 g/mol. The molecule has 8 heteroatoms. The number of aromatic nitrogens is 2. The summed E-state index contributed by atoms with van der Waals surface area (Å²) in [4.78, 5) is 12.4. The van der Waals surface area contributed by atoms with E-state index in [1.165, 1.54) is 18.8 Å². The number of halogens is 3. The molecular weight excluding hydrogens is 341 g/mol. The SMILES string of the molecule is CCCc1c(C(F)(F)F)nn(C)c1Sc1ccccc1C(=O)OC. The largest absolute Gasteiger partial charge is 0.465 e. The van der Waals surface area contributed by atoms with Gasteiger partial charge in [0.15, 0.2) is 5.69 Å². The van der Waals surface area contributed by atoms with Crippen LogP contribution in [0.1, 0.15) is 35.0 Å². The maximum Gasteiger partial charge on any atom is 0.435 e. The Hall–Kier alpha value is -1.96. The van der Waals surface area contributed by atoms with E-state index in [1.54, 1.807) is 24.3 Å². The van der Waals surface area contributed by atoms with Gasteiger partial charge in [0.25, 0.3) is 0 Å². The number of alkyl halides is 3. The second-order valence-corrected chi connectivity index (χ2v) is 6.12. The maximum atomic E-state index is 13.2. The predicted octanol–water partition coefficient (Wildman–Crippen LogP) is 4.33. The second kappa shape index (κ2) is 7.29. The maximum absolute atomic E-state index is 13.2. The zero-order valence-electron chi connectivity index (χ0n) is 13.5. The van der Waals surface area contributed by atoms with Crippen LogP contribution in [0, 0.1) is 0 Å². The Labute approximate surface area is 142 Å². The number of rotatable bonds is 5. The zero-order chi connectivity index (χ0) is 17.9. The van der Waals surface area contributed by atoms with Crippen molar-refractivity contribution in [2.24, 2.45) is 7.05 Å². The molecule has 130 valence electrons. The summed E-state index contributed by atoms with van der Waals surface area (Å²) in [7, 11) is 2.73. The standard InChI is InChI=1S/C16H17F3N2O2S/c1-4-7-11-13(16(17,18)19)20-21(2)14(11)24-12-9-6-5-8-10(12)15(22)23-3/h5-6,8-9H,4,7H2,1-3H3. The molecule has 1 aromatic heterocycles. The number of nitrogens with zero attached hydrogens (tertiary/aromatic N) is 2. The number of hydrogen-bond acceptors (Lipinski definition) is 4. The Bertz CT molecular complexity index is 741. The molecule has 2 aromatic rings. The van der Waals surface area contributed by atoms with Gasteiger partial charge in [-0.2, -0.15) is 18.3 Å². The zero-order valence-corrected chi connectivity index (χ0v) is 14.3. The first-order valence-corrected chi connectivity index (χ1v) is 8.09. The van der Waals surface area contributed by atoms with Crippen LogP contribution in [-0.4, -0.2) is 22.9 Å². The topological polar surface area (TPSA) is 44.1 Å². The first kappa shape index (κ1) is 18.4. The summed E-state index contributed by atoms with van der Waals surface area (Å²) in [5, 5.41) is 4.02. The van der Waals surface area contributed by atoms with Crippen molar-refractivity contribution in [3.8, 4) is 0 Å². The third-order valence-corrected chi connectivity index (χ3v) is 4.64. The van der Waals surface area contributed by atoms with Crippen LogP contribution in [-0.2, 0) is 24.4 Å². The number of carbonyl (C=O) groups excluding carboxylic acids is 1. The molecule has 0 atom stereocenters. The van der Waals surface area contributed by atoms with Crippen LogP contribution in [0.5, 0.6) is 0 Å². The van der Waals surface area contributed by atoms with Crippen LogP contribution in [0.4, 0.5) is 13.2 Å². The van der Waals surface area contributed by atoms with Gasteiger partial charge in [0.1, 0.15) is 5.03 Å². The van der Waals surface area contributed by atoms with Gasteiger partial charge in [0.2, 0.25) is 0 Å². The summed E-state index contributed by atoms with van der Waals surface area (Å²) in [6.07, 6.45) is -3.70. The Morgan fingerprint density at radius 2 is 2.00 bits per heavy atom. The number of methoxy groups -OCH3 is 1. The van der Waals surface area contributed by atoms with Crippen molar-refractivity contribution in [1.29, 1.82) is 0 Å². The van der Waals surface area contributed by atoms with Crippen LogP contribution in [0.15, 0.2) is 34.2 Å². The van der Waals surface area contributed by atoms with Gasteiger partial charge in [-0.15, -0.1) is 0 Å². The Balaban J connectivity index is 2.51. The summed E-state index contributed by atoms with van der Waals surface area (Å²) < 4.78 is 45.6. The van der Waals surface area contributed by atoms with Gasteiger partial charge in [-0.25, -0.2) is 4.79 Å². The van der Waals surface area contributed by atoms with E-state index in [9.17, 15) is 18.0 Å². The van der Waals surface area contributed by atoms with E-state index in [0.29, 0.717) is 21.9 Å². The molecule has 0 radical (unpaired) electrons. The van der Waals surface area contributed by atoms with E-state index in [4.69, 9.17) is 4.74 Å². The van der Waals surface area contributed by atoms with Crippen molar-refractivity contribution in [3.05, 3.63) is 41.1 Å². The minimum absolute atomic E-state index is 0.150. The van der Waals surface area contributed by atoms with Crippen molar-refractivity contribution in [2.45, 2.75) is 35.9 Å². The quantitative estimate of drug-likeness (QED) is 0.747. The summed E-state index contributed by atoms with van der Waals surface area (Å²) in [5.41, 5.74) is -0.413.